The Kier molecular flexibility index (Phi) is 6.20. The van der Waals surface area contributed by atoms with Gasteiger partial charge in [-0.2, -0.15) is 4.90 Å². The van der Waals surface area contributed by atoms with E-state index in [-0.39, 0.29) is 11.7 Å². The molecule has 7 nitrogen and oxygen atoms in total. The third kappa shape index (κ3) is 7.20. The smallest absolute Gasteiger partial charge is 0.411 e. The Labute approximate surface area is 113 Å². The van der Waals surface area contributed by atoms with Gasteiger partial charge in [-0.15, -0.1) is 0 Å². The second-order valence-corrected chi connectivity index (χ2v) is 5.09. The molecule has 0 aliphatic heterocycles. The van der Waals surface area contributed by atoms with Gasteiger partial charge in [0.15, 0.2) is 0 Å². The van der Waals surface area contributed by atoms with Crippen LogP contribution >= 0.6 is 0 Å². The molecule has 0 unspecified atom stereocenters. The first-order valence-electron chi connectivity index (χ1n) is 5.86. The van der Waals surface area contributed by atoms with Gasteiger partial charge in [-0.05, 0) is 27.7 Å². The van der Waals surface area contributed by atoms with Crippen molar-refractivity contribution in [2.45, 2.75) is 39.3 Å². The molecule has 5 N–H and O–H groups in total. The Morgan fingerprint density at radius 2 is 1.95 bits per heavy atom. The fourth-order valence-corrected chi connectivity index (χ4v) is 1.05. The molecule has 2 amide bonds. The van der Waals surface area contributed by atoms with Crippen molar-refractivity contribution in [1.29, 1.82) is 0 Å². The lowest BCUT2D eigenvalue weighted by molar-refractivity contribution is -0.140. The molecule has 19 heavy (non-hydrogen) atoms. The first-order chi connectivity index (χ1) is 8.54. The van der Waals surface area contributed by atoms with Crippen LogP contribution in [0.15, 0.2) is 12.3 Å². The quantitative estimate of drug-likeness (QED) is 0.451. The molecule has 0 rings (SSSR count). The molecule has 108 valence electrons. The minimum absolute atomic E-state index is 0.165. The van der Waals surface area contributed by atoms with Crippen LogP contribution in [-0.2, 0) is 9.53 Å². The third-order valence-corrected chi connectivity index (χ3v) is 1.96. The first-order valence-corrected chi connectivity index (χ1v) is 5.86. The highest BCUT2D eigenvalue weighted by atomic mass is 16.6. The largest absolute Gasteiger partial charge is 0.444 e. The molecular weight excluding hydrogens is 248 g/mol. The van der Waals surface area contributed by atoms with Gasteiger partial charge in [0, 0.05) is 12.3 Å². The lowest BCUT2D eigenvalue weighted by Crippen LogP contribution is -2.54. The molecule has 0 aliphatic carbocycles. The number of rotatable bonds is 3. The number of ether oxygens (including phenoxy) is 1. The van der Waals surface area contributed by atoms with E-state index < -0.39 is 17.7 Å². The molecule has 0 aromatic rings. The second-order valence-electron chi connectivity index (χ2n) is 5.09. The van der Waals surface area contributed by atoms with Gasteiger partial charge >= 0.3 is 12.0 Å². The van der Waals surface area contributed by atoms with E-state index in [9.17, 15) is 9.59 Å². The summed E-state index contributed by atoms with van der Waals surface area (Å²) in [5, 5.41) is 8.04. The van der Waals surface area contributed by atoms with Crippen molar-refractivity contribution in [3.05, 3.63) is 12.3 Å². The van der Waals surface area contributed by atoms with Crippen molar-refractivity contribution in [2.75, 3.05) is 7.05 Å². The fraction of sp³-hybridized carbons (Fsp3) is 0.583. The number of carbonyl (C=O) groups excluding carboxylic acids is 2. The molecule has 0 spiro atoms. The summed E-state index contributed by atoms with van der Waals surface area (Å²) in [6.45, 7) is 6.83. The maximum atomic E-state index is 11.5. The van der Waals surface area contributed by atoms with Gasteiger partial charge in [-0.3, -0.25) is 10.7 Å². The predicted octanol–water partition coefficient (Wildman–Crippen LogP) is -1.01. The van der Waals surface area contributed by atoms with E-state index in [1.165, 1.54) is 24.2 Å². The second kappa shape index (κ2) is 6.89. The molecule has 7 heteroatoms. The van der Waals surface area contributed by atoms with E-state index in [1.54, 1.807) is 27.7 Å². The van der Waals surface area contributed by atoms with Crippen molar-refractivity contribution >= 4 is 17.8 Å². The maximum absolute atomic E-state index is 11.5. The van der Waals surface area contributed by atoms with Gasteiger partial charge < -0.3 is 10.5 Å². The van der Waals surface area contributed by atoms with E-state index >= 15 is 0 Å². The van der Waals surface area contributed by atoms with Gasteiger partial charge in [0.05, 0.1) is 7.05 Å². The molecule has 0 saturated carbocycles. The monoisotopic (exact) mass is 271 g/mol. The van der Waals surface area contributed by atoms with Crippen LogP contribution in [0.4, 0.5) is 4.79 Å². The zero-order valence-electron chi connectivity index (χ0n) is 12.1. The van der Waals surface area contributed by atoms with Crippen LogP contribution in [-0.4, -0.2) is 41.4 Å². The molecule has 0 bridgehead atoms. The van der Waals surface area contributed by atoms with Crippen LogP contribution in [0.2, 0.25) is 0 Å². The number of amidine groups is 1. The van der Waals surface area contributed by atoms with Crippen molar-refractivity contribution in [1.82, 2.24) is 10.2 Å². The van der Waals surface area contributed by atoms with Gasteiger partial charge in [0.1, 0.15) is 11.6 Å². The SMILES string of the molecule is C[C@H](N)C(=O)N(C)C(=[NH2+])/C=C\NC(=O)OC(C)(C)C. The lowest BCUT2D eigenvalue weighted by atomic mass is 10.2. The van der Waals surface area contributed by atoms with Crippen LogP contribution in [0.25, 0.3) is 0 Å². The van der Waals surface area contributed by atoms with E-state index in [2.05, 4.69) is 5.32 Å². The summed E-state index contributed by atoms with van der Waals surface area (Å²) in [4.78, 5) is 24.0. The maximum Gasteiger partial charge on any atom is 0.411 e. The number of carbonyl (C=O) groups is 2. The molecular formula is C12H23N4O3+. The fourth-order valence-electron chi connectivity index (χ4n) is 1.05. The Hall–Kier alpha value is -1.89. The number of hydrogen-bond acceptors (Lipinski definition) is 4. The number of likely N-dealkylation sites (N-methyl/N-ethyl adjacent to an activating group) is 1. The highest BCUT2D eigenvalue weighted by Crippen LogP contribution is 2.06. The normalized spacial score (nSPS) is 12.9. The number of hydrogen-bond donors (Lipinski definition) is 3. The summed E-state index contributed by atoms with van der Waals surface area (Å²) < 4.78 is 5.01. The summed E-state index contributed by atoms with van der Waals surface area (Å²) >= 11 is 0. The Morgan fingerprint density at radius 1 is 1.42 bits per heavy atom. The van der Waals surface area contributed by atoms with Crippen LogP contribution in [0.3, 0.4) is 0 Å². The summed E-state index contributed by atoms with van der Waals surface area (Å²) in [7, 11) is 1.50. The Bertz CT molecular complexity index is 383. The zero-order chi connectivity index (χ0) is 15.2. The highest BCUT2D eigenvalue weighted by Gasteiger charge is 2.22. The minimum Gasteiger partial charge on any atom is -0.444 e. The average Bonchev–Trinajstić information content (AvgIpc) is 2.24. The molecule has 0 saturated heterocycles. The van der Waals surface area contributed by atoms with E-state index in [0.29, 0.717) is 0 Å². The Morgan fingerprint density at radius 3 is 2.37 bits per heavy atom. The Balaban J connectivity index is 4.31. The van der Waals surface area contributed by atoms with Crippen LogP contribution in [0.1, 0.15) is 27.7 Å². The molecule has 0 radical (unpaired) electrons. The van der Waals surface area contributed by atoms with E-state index in [4.69, 9.17) is 15.9 Å². The molecule has 1 atom stereocenters. The lowest BCUT2D eigenvalue weighted by Gasteiger charge is -2.18. The number of nitrogens with two attached hydrogens (primary N) is 2. The standard InChI is InChI=1S/C12H22N4O3/c1-8(13)10(17)16(5)9(14)6-7-15-11(18)19-12(2,3)4/h6-8,14H,13H2,1-5H3,(H,15,18)/p+1/b7-6-,14-9?/t8-/m0/s1. The zero-order valence-corrected chi connectivity index (χ0v) is 12.1. The average molecular weight is 271 g/mol. The van der Waals surface area contributed by atoms with Gasteiger partial charge in [-0.25, -0.2) is 9.59 Å². The van der Waals surface area contributed by atoms with Crippen molar-refractivity contribution in [3.63, 3.8) is 0 Å². The summed E-state index contributed by atoms with van der Waals surface area (Å²) in [5.74, 6) is -0.155. The number of nitrogens with zero attached hydrogens (tertiary/aromatic N) is 1. The number of amides is 2. The molecule has 0 heterocycles. The summed E-state index contributed by atoms with van der Waals surface area (Å²) in [5.41, 5.74) is 4.87. The predicted molar refractivity (Wildman–Crippen MR) is 71.9 cm³/mol. The van der Waals surface area contributed by atoms with Gasteiger partial charge in [0.25, 0.3) is 5.84 Å². The molecule has 0 aromatic carbocycles. The van der Waals surface area contributed by atoms with E-state index in [0.717, 1.165) is 0 Å². The minimum atomic E-state index is -0.643. The van der Waals surface area contributed by atoms with Crippen LogP contribution in [0, 0.1) is 0 Å². The highest BCUT2D eigenvalue weighted by molar-refractivity contribution is 6.02. The topological polar surface area (TPSA) is 110 Å². The van der Waals surface area contributed by atoms with E-state index in [1.807, 2.05) is 0 Å². The molecule has 0 aliphatic rings. The van der Waals surface area contributed by atoms with Crippen molar-refractivity contribution in [3.8, 4) is 0 Å². The summed E-state index contributed by atoms with van der Waals surface area (Å²) in [6, 6.07) is -0.643. The summed E-state index contributed by atoms with van der Waals surface area (Å²) in [6.07, 6.45) is 2.08. The number of alkyl carbamates (subject to hydrolysis) is 1. The van der Waals surface area contributed by atoms with Crippen molar-refractivity contribution < 1.29 is 19.7 Å². The first kappa shape index (κ1) is 17.1. The third-order valence-electron chi connectivity index (χ3n) is 1.96. The van der Waals surface area contributed by atoms with Gasteiger partial charge in [0.2, 0.25) is 0 Å². The molecule has 0 fully saturated rings. The van der Waals surface area contributed by atoms with Crippen molar-refractivity contribution in [2.24, 2.45) is 5.73 Å². The van der Waals surface area contributed by atoms with Crippen LogP contribution < -0.4 is 16.5 Å². The van der Waals surface area contributed by atoms with Gasteiger partial charge in [-0.1, -0.05) is 0 Å². The molecule has 0 aromatic heterocycles. The van der Waals surface area contributed by atoms with Crippen LogP contribution in [0.5, 0.6) is 0 Å². The number of nitrogens with one attached hydrogen (secondary N) is 1.